The van der Waals surface area contributed by atoms with Gasteiger partial charge in [0.05, 0.1) is 6.61 Å². The number of unbranched alkanes of at least 4 members (excludes halogenated alkanes) is 4. The van der Waals surface area contributed by atoms with Gasteiger partial charge in [-0.05, 0) is 19.4 Å². The van der Waals surface area contributed by atoms with E-state index in [1.807, 2.05) is 0 Å². The van der Waals surface area contributed by atoms with Crippen LogP contribution in [0.25, 0.3) is 0 Å². The number of carbonyl (C=O) groups is 1. The van der Waals surface area contributed by atoms with Crippen molar-refractivity contribution >= 4 is 28.0 Å². The molecule has 0 aromatic carbocycles. The number of esters is 1. The van der Waals surface area contributed by atoms with Crippen molar-refractivity contribution in [2.24, 2.45) is 0 Å². The number of rotatable bonds is 9. The molecule has 0 amide bonds. The Hall–Kier alpha value is -0.0931. The van der Waals surface area contributed by atoms with Crippen LogP contribution in [0.4, 0.5) is 0 Å². The van der Waals surface area contributed by atoms with E-state index in [1.165, 1.54) is 25.3 Å². The second-order valence-corrected chi connectivity index (χ2v) is 15.5. The molecule has 0 N–H and O–H groups in total. The zero-order valence-electron chi connectivity index (χ0n) is 11.4. The van der Waals surface area contributed by atoms with Crippen LogP contribution in [0, 0.1) is 0 Å². The Morgan fingerprint density at radius 1 is 1.18 bits per heavy atom. The van der Waals surface area contributed by atoms with Crippen LogP contribution in [0.3, 0.4) is 0 Å². The van der Waals surface area contributed by atoms with Gasteiger partial charge in [-0.1, -0.05) is 45.4 Å². The Bertz CT molecular complexity index is 246. The van der Waals surface area contributed by atoms with Crippen molar-refractivity contribution in [1.29, 1.82) is 0 Å². The molecular weight excluding hydrogens is 296 g/mol. The van der Waals surface area contributed by atoms with Gasteiger partial charge in [-0.3, -0.25) is 0 Å². The molecule has 0 aliphatic carbocycles. The number of hydrogen-bond acceptors (Lipinski definition) is 2. The molecular formula is C13H25BrO2Si. The Balaban J connectivity index is 3.25. The lowest BCUT2D eigenvalue weighted by molar-refractivity contribution is -0.139. The molecule has 0 saturated heterocycles. The van der Waals surface area contributed by atoms with Crippen LogP contribution in [0.1, 0.15) is 39.0 Å². The maximum Gasteiger partial charge on any atom is 0.333 e. The molecule has 4 heteroatoms. The maximum absolute atomic E-state index is 11.1. The molecule has 100 valence electrons. The number of ether oxygens (including phenoxy) is 1. The fourth-order valence-electron chi connectivity index (χ4n) is 1.47. The fraction of sp³-hybridized carbons (Fsp3) is 0.769. The molecule has 0 aromatic rings. The molecule has 0 spiro atoms. The van der Waals surface area contributed by atoms with Crippen molar-refractivity contribution in [1.82, 2.24) is 0 Å². The molecule has 0 fully saturated rings. The van der Waals surface area contributed by atoms with Gasteiger partial charge in [0.1, 0.15) is 6.69 Å². The molecule has 0 heterocycles. The van der Waals surface area contributed by atoms with Crippen molar-refractivity contribution in [2.45, 2.75) is 58.2 Å². The minimum absolute atomic E-state index is 0.267. The van der Waals surface area contributed by atoms with Gasteiger partial charge in [0, 0.05) is 5.57 Å². The quantitative estimate of drug-likeness (QED) is 0.203. The SMILES string of the molecule is C=C(C)C(=O)OCCCCCCC[Si](C)(C)Br. The normalized spacial score (nSPS) is 11.3. The fourth-order valence-corrected chi connectivity index (χ4v) is 3.40. The third kappa shape index (κ3) is 12.2. The van der Waals surface area contributed by atoms with Crippen molar-refractivity contribution < 1.29 is 9.53 Å². The van der Waals surface area contributed by atoms with Crippen LogP contribution < -0.4 is 0 Å². The van der Waals surface area contributed by atoms with E-state index >= 15 is 0 Å². The summed E-state index contributed by atoms with van der Waals surface area (Å²) in [4.78, 5) is 11.1. The topological polar surface area (TPSA) is 26.3 Å². The molecule has 0 unspecified atom stereocenters. The number of carbonyl (C=O) groups excluding carboxylic acids is 1. The standard InChI is InChI=1S/C13H25BrO2Si/c1-12(2)13(15)16-10-8-6-5-7-9-11-17(3,4)14/h1,5-11H2,2-4H3. The summed E-state index contributed by atoms with van der Waals surface area (Å²) in [5.74, 6) is -0.267. The van der Waals surface area contributed by atoms with E-state index in [9.17, 15) is 4.79 Å². The second kappa shape index (κ2) is 8.92. The predicted molar refractivity (Wildman–Crippen MR) is 80.1 cm³/mol. The van der Waals surface area contributed by atoms with Gasteiger partial charge in [0.15, 0.2) is 0 Å². The monoisotopic (exact) mass is 320 g/mol. The molecule has 0 aliphatic heterocycles. The Kier molecular flexibility index (Phi) is 8.87. The molecule has 0 aromatic heterocycles. The summed E-state index contributed by atoms with van der Waals surface area (Å²) in [5.41, 5.74) is 0.481. The van der Waals surface area contributed by atoms with Crippen LogP contribution in [0.15, 0.2) is 12.2 Å². The minimum Gasteiger partial charge on any atom is -0.462 e. The lowest BCUT2D eigenvalue weighted by Crippen LogP contribution is -2.14. The Labute approximate surface area is 114 Å². The van der Waals surface area contributed by atoms with Crippen molar-refractivity contribution in [3.05, 3.63) is 12.2 Å². The van der Waals surface area contributed by atoms with Crippen molar-refractivity contribution in [3.63, 3.8) is 0 Å². The van der Waals surface area contributed by atoms with E-state index in [1.54, 1.807) is 6.92 Å². The lowest BCUT2D eigenvalue weighted by Gasteiger charge is -2.12. The Morgan fingerprint density at radius 2 is 1.71 bits per heavy atom. The molecule has 0 aliphatic rings. The van der Waals surface area contributed by atoms with Gasteiger partial charge in [0.25, 0.3) is 0 Å². The highest BCUT2D eigenvalue weighted by Crippen LogP contribution is 2.20. The van der Waals surface area contributed by atoms with Crippen molar-refractivity contribution in [2.75, 3.05) is 6.61 Å². The first-order valence-corrected chi connectivity index (χ1v) is 11.8. The van der Waals surface area contributed by atoms with Crippen LogP contribution in [0.5, 0.6) is 0 Å². The molecule has 17 heavy (non-hydrogen) atoms. The van der Waals surface area contributed by atoms with Crippen LogP contribution in [-0.2, 0) is 9.53 Å². The molecule has 0 bridgehead atoms. The highest BCUT2D eigenvalue weighted by molar-refractivity contribution is 9.26. The van der Waals surface area contributed by atoms with E-state index < -0.39 is 6.69 Å². The van der Waals surface area contributed by atoms with E-state index in [0.717, 1.165) is 12.8 Å². The molecule has 0 radical (unpaired) electrons. The first-order valence-electron chi connectivity index (χ1n) is 6.34. The summed E-state index contributed by atoms with van der Waals surface area (Å²) in [5, 5.41) is 0. The van der Waals surface area contributed by atoms with Crippen LogP contribution in [-0.4, -0.2) is 19.3 Å². The summed E-state index contributed by atoms with van der Waals surface area (Å²) in [6, 6.07) is 1.34. The molecule has 0 atom stereocenters. The first-order chi connectivity index (χ1) is 7.83. The highest BCUT2D eigenvalue weighted by Gasteiger charge is 2.14. The van der Waals surface area contributed by atoms with Gasteiger partial charge in [-0.2, -0.15) is 0 Å². The van der Waals surface area contributed by atoms with Gasteiger partial charge in [-0.25, -0.2) is 4.79 Å². The van der Waals surface area contributed by atoms with Gasteiger partial charge < -0.3 is 4.74 Å². The van der Waals surface area contributed by atoms with E-state index in [0.29, 0.717) is 12.2 Å². The van der Waals surface area contributed by atoms with Crippen LogP contribution >= 0.6 is 15.3 Å². The largest absolute Gasteiger partial charge is 0.462 e. The maximum atomic E-state index is 11.1. The Morgan fingerprint density at radius 3 is 2.24 bits per heavy atom. The van der Waals surface area contributed by atoms with E-state index in [4.69, 9.17) is 4.74 Å². The summed E-state index contributed by atoms with van der Waals surface area (Å²) in [7, 11) is 0. The lowest BCUT2D eigenvalue weighted by atomic mass is 10.2. The second-order valence-electron chi connectivity index (χ2n) is 5.15. The predicted octanol–water partition coefficient (Wildman–Crippen LogP) is 4.66. The van der Waals surface area contributed by atoms with Gasteiger partial charge >= 0.3 is 5.97 Å². The van der Waals surface area contributed by atoms with Crippen molar-refractivity contribution in [3.8, 4) is 0 Å². The van der Waals surface area contributed by atoms with E-state index in [-0.39, 0.29) is 5.97 Å². The molecule has 0 saturated carbocycles. The molecule has 0 rings (SSSR count). The number of halogens is 1. The zero-order valence-corrected chi connectivity index (χ0v) is 13.9. The average Bonchev–Trinajstić information content (AvgIpc) is 2.19. The smallest absolute Gasteiger partial charge is 0.333 e. The summed E-state index contributed by atoms with van der Waals surface area (Å²) >= 11 is 3.78. The van der Waals surface area contributed by atoms with Gasteiger partial charge in [0.2, 0.25) is 0 Å². The summed E-state index contributed by atoms with van der Waals surface area (Å²) < 4.78 is 5.03. The summed E-state index contributed by atoms with van der Waals surface area (Å²) in [6.45, 7) is 9.40. The third-order valence-corrected chi connectivity index (χ3v) is 5.23. The average molecular weight is 321 g/mol. The zero-order chi connectivity index (χ0) is 13.3. The van der Waals surface area contributed by atoms with Gasteiger partial charge in [-0.15, -0.1) is 15.3 Å². The minimum atomic E-state index is -1.03. The highest BCUT2D eigenvalue weighted by atomic mass is 79.9. The third-order valence-electron chi connectivity index (χ3n) is 2.50. The molecule has 2 nitrogen and oxygen atoms in total. The van der Waals surface area contributed by atoms with E-state index in [2.05, 4.69) is 35.0 Å². The van der Waals surface area contributed by atoms with Crippen LogP contribution in [0.2, 0.25) is 19.1 Å². The number of hydrogen-bond donors (Lipinski definition) is 0. The summed E-state index contributed by atoms with van der Waals surface area (Å²) in [6.07, 6.45) is 5.95. The first kappa shape index (κ1) is 16.9.